The molecule has 1 saturated heterocycles. The van der Waals surface area contributed by atoms with E-state index in [1.807, 2.05) is 0 Å². The Morgan fingerprint density at radius 2 is 1.83 bits per heavy atom. The molecular formula is C20H31N3O. The number of carbonyl (C=O) groups excluding carboxylic acids is 1. The highest BCUT2D eigenvalue weighted by Crippen LogP contribution is 2.20. The van der Waals surface area contributed by atoms with E-state index in [4.69, 9.17) is 0 Å². The molecule has 1 saturated carbocycles. The van der Waals surface area contributed by atoms with E-state index < -0.39 is 0 Å². The highest BCUT2D eigenvalue weighted by molar-refractivity contribution is 5.81. The molecule has 0 radical (unpaired) electrons. The maximum absolute atomic E-state index is 12.5. The zero-order chi connectivity index (χ0) is 16.9. The highest BCUT2D eigenvalue weighted by Gasteiger charge is 2.27. The van der Waals surface area contributed by atoms with E-state index in [1.165, 1.54) is 30.5 Å². The third-order valence-corrected chi connectivity index (χ3v) is 5.56. The summed E-state index contributed by atoms with van der Waals surface area (Å²) in [4.78, 5) is 17.3. The van der Waals surface area contributed by atoms with Crippen molar-refractivity contribution in [3.05, 3.63) is 29.8 Å². The molecule has 0 spiro atoms. The Morgan fingerprint density at radius 3 is 2.50 bits per heavy atom. The van der Waals surface area contributed by atoms with E-state index in [0.717, 1.165) is 39.0 Å². The number of amides is 1. The summed E-state index contributed by atoms with van der Waals surface area (Å²) in [6.07, 6.45) is 6.14. The van der Waals surface area contributed by atoms with Crippen molar-refractivity contribution in [1.82, 2.24) is 10.2 Å². The minimum atomic E-state index is -0.0217. The normalized spacial score (nSPS) is 21.5. The Balaban J connectivity index is 1.49. The molecule has 1 aromatic rings. The smallest absolute Gasteiger partial charge is 0.237 e. The molecule has 1 N–H and O–H groups in total. The summed E-state index contributed by atoms with van der Waals surface area (Å²) in [5.41, 5.74) is 2.60. The first kappa shape index (κ1) is 17.3. The lowest BCUT2D eigenvalue weighted by Gasteiger charge is -2.39. The summed E-state index contributed by atoms with van der Waals surface area (Å²) in [5, 5.41) is 3.27. The molecule has 1 atom stereocenters. The summed E-state index contributed by atoms with van der Waals surface area (Å²) >= 11 is 0. The van der Waals surface area contributed by atoms with Crippen molar-refractivity contribution in [2.75, 3.05) is 31.1 Å². The van der Waals surface area contributed by atoms with Crippen molar-refractivity contribution in [3.63, 3.8) is 0 Å². The van der Waals surface area contributed by atoms with Crippen LogP contribution < -0.4 is 10.2 Å². The maximum atomic E-state index is 12.5. The number of carbonyl (C=O) groups is 1. The summed E-state index contributed by atoms with van der Waals surface area (Å²) in [6.45, 7) is 8.08. The number of nitrogens with zero attached hydrogens (tertiary/aromatic N) is 2. The Hall–Kier alpha value is -1.55. The van der Waals surface area contributed by atoms with E-state index in [2.05, 4.69) is 53.2 Å². The molecule has 4 heteroatoms. The quantitative estimate of drug-likeness (QED) is 0.922. The molecule has 1 unspecified atom stereocenters. The Kier molecular flexibility index (Phi) is 5.77. The molecule has 0 aromatic heterocycles. The van der Waals surface area contributed by atoms with Crippen LogP contribution in [-0.4, -0.2) is 49.1 Å². The van der Waals surface area contributed by atoms with Gasteiger partial charge in [-0.25, -0.2) is 0 Å². The molecule has 132 valence electrons. The first-order chi connectivity index (χ1) is 11.6. The number of hydrogen-bond donors (Lipinski definition) is 1. The average Bonchev–Trinajstić information content (AvgIpc) is 2.62. The number of hydrogen-bond acceptors (Lipinski definition) is 3. The van der Waals surface area contributed by atoms with Crippen molar-refractivity contribution >= 4 is 11.6 Å². The SMILES string of the molecule is Cc1cccc(N2CCN(C(C)C(=O)NC3CCCCC3)CC2)c1. The lowest BCUT2D eigenvalue weighted by atomic mass is 9.95. The van der Waals surface area contributed by atoms with Gasteiger partial charge in [0.15, 0.2) is 0 Å². The topological polar surface area (TPSA) is 35.6 Å². The Morgan fingerprint density at radius 1 is 1.12 bits per heavy atom. The molecule has 1 aromatic carbocycles. The van der Waals surface area contributed by atoms with Gasteiger partial charge in [-0.3, -0.25) is 9.69 Å². The molecule has 1 amide bonds. The van der Waals surface area contributed by atoms with Crippen LogP contribution in [0.3, 0.4) is 0 Å². The van der Waals surface area contributed by atoms with Crippen LogP contribution in [0.5, 0.6) is 0 Å². The third-order valence-electron chi connectivity index (χ3n) is 5.56. The van der Waals surface area contributed by atoms with Gasteiger partial charge in [-0.1, -0.05) is 31.4 Å². The minimum Gasteiger partial charge on any atom is -0.369 e. The number of aryl methyl sites for hydroxylation is 1. The maximum Gasteiger partial charge on any atom is 0.237 e. The monoisotopic (exact) mass is 329 g/mol. The van der Waals surface area contributed by atoms with Gasteiger partial charge in [0.25, 0.3) is 0 Å². The van der Waals surface area contributed by atoms with Gasteiger partial charge in [0, 0.05) is 37.9 Å². The number of benzene rings is 1. The van der Waals surface area contributed by atoms with Crippen molar-refractivity contribution in [2.45, 2.75) is 58.0 Å². The minimum absolute atomic E-state index is 0.0217. The first-order valence-corrected chi connectivity index (χ1v) is 9.49. The molecule has 1 heterocycles. The van der Waals surface area contributed by atoms with Crippen molar-refractivity contribution in [3.8, 4) is 0 Å². The molecule has 2 fully saturated rings. The first-order valence-electron chi connectivity index (χ1n) is 9.49. The summed E-state index contributed by atoms with van der Waals surface area (Å²) in [6, 6.07) is 9.07. The van der Waals surface area contributed by atoms with Gasteiger partial charge in [-0.15, -0.1) is 0 Å². The van der Waals surface area contributed by atoms with Crippen LogP contribution in [0.4, 0.5) is 5.69 Å². The molecule has 3 rings (SSSR count). The van der Waals surface area contributed by atoms with E-state index in [9.17, 15) is 4.79 Å². The molecular weight excluding hydrogens is 298 g/mol. The van der Waals surface area contributed by atoms with Crippen molar-refractivity contribution in [2.24, 2.45) is 0 Å². The van der Waals surface area contributed by atoms with Gasteiger partial charge in [-0.2, -0.15) is 0 Å². The summed E-state index contributed by atoms with van der Waals surface area (Å²) in [7, 11) is 0. The van der Waals surface area contributed by atoms with E-state index in [-0.39, 0.29) is 11.9 Å². The second-order valence-electron chi connectivity index (χ2n) is 7.38. The Labute approximate surface area is 146 Å². The number of piperazine rings is 1. The fourth-order valence-corrected chi connectivity index (χ4v) is 3.93. The van der Waals surface area contributed by atoms with Crippen LogP contribution in [0.15, 0.2) is 24.3 Å². The van der Waals surface area contributed by atoms with Gasteiger partial charge in [-0.05, 0) is 44.4 Å². The number of nitrogens with one attached hydrogen (secondary N) is 1. The van der Waals surface area contributed by atoms with E-state index in [0.29, 0.717) is 6.04 Å². The van der Waals surface area contributed by atoms with E-state index in [1.54, 1.807) is 0 Å². The van der Waals surface area contributed by atoms with Crippen LogP contribution in [-0.2, 0) is 4.79 Å². The lowest BCUT2D eigenvalue weighted by molar-refractivity contribution is -0.127. The van der Waals surface area contributed by atoms with Crippen LogP contribution in [0.1, 0.15) is 44.6 Å². The third kappa shape index (κ3) is 4.29. The average molecular weight is 329 g/mol. The van der Waals surface area contributed by atoms with Gasteiger partial charge in [0.1, 0.15) is 0 Å². The number of anilines is 1. The number of rotatable bonds is 4. The largest absolute Gasteiger partial charge is 0.369 e. The molecule has 0 bridgehead atoms. The highest BCUT2D eigenvalue weighted by atomic mass is 16.2. The predicted molar refractivity (Wildman–Crippen MR) is 99.4 cm³/mol. The summed E-state index contributed by atoms with van der Waals surface area (Å²) in [5.74, 6) is 0.214. The standard InChI is InChI=1S/C20H31N3O/c1-16-7-6-10-19(15-16)23-13-11-22(12-14-23)17(2)20(24)21-18-8-4-3-5-9-18/h6-7,10,15,17-18H,3-5,8-9,11-14H2,1-2H3,(H,21,24). The van der Waals surface area contributed by atoms with Gasteiger partial charge in [0.05, 0.1) is 6.04 Å². The van der Waals surface area contributed by atoms with E-state index >= 15 is 0 Å². The van der Waals surface area contributed by atoms with Crippen LogP contribution in [0.2, 0.25) is 0 Å². The predicted octanol–water partition coefficient (Wildman–Crippen LogP) is 2.95. The second-order valence-corrected chi connectivity index (χ2v) is 7.38. The molecule has 4 nitrogen and oxygen atoms in total. The summed E-state index contributed by atoms with van der Waals surface area (Å²) < 4.78 is 0. The zero-order valence-corrected chi connectivity index (χ0v) is 15.1. The van der Waals surface area contributed by atoms with Crippen molar-refractivity contribution < 1.29 is 4.79 Å². The molecule has 24 heavy (non-hydrogen) atoms. The van der Waals surface area contributed by atoms with Crippen molar-refractivity contribution in [1.29, 1.82) is 0 Å². The molecule has 2 aliphatic rings. The Bertz CT molecular complexity index is 546. The van der Waals surface area contributed by atoms with Gasteiger partial charge >= 0.3 is 0 Å². The molecule has 1 aliphatic carbocycles. The fraction of sp³-hybridized carbons (Fsp3) is 0.650. The van der Waals surface area contributed by atoms with Crippen LogP contribution >= 0.6 is 0 Å². The van der Waals surface area contributed by atoms with Gasteiger partial charge in [0.2, 0.25) is 5.91 Å². The fourth-order valence-electron chi connectivity index (χ4n) is 3.93. The lowest BCUT2D eigenvalue weighted by Crippen LogP contribution is -2.55. The zero-order valence-electron chi connectivity index (χ0n) is 15.1. The van der Waals surface area contributed by atoms with Crippen LogP contribution in [0.25, 0.3) is 0 Å². The molecule has 1 aliphatic heterocycles. The van der Waals surface area contributed by atoms with Gasteiger partial charge < -0.3 is 10.2 Å². The van der Waals surface area contributed by atoms with Crippen LogP contribution in [0, 0.1) is 6.92 Å². The second kappa shape index (κ2) is 8.02.